The minimum atomic E-state index is -0.752. The van der Waals surface area contributed by atoms with Crippen LogP contribution in [0.25, 0.3) is 5.76 Å². The highest BCUT2D eigenvalue weighted by molar-refractivity contribution is 6.51. The second-order valence-corrected chi connectivity index (χ2v) is 9.24. The van der Waals surface area contributed by atoms with Crippen molar-refractivity contribution in [2.45, 2.75) is 53.2 Å². The number of Topliss-reactive ketones (excluding diaryl/α,β-unsaturated/α-hetero) is 1. The van der Waals surface area contributed by atoms with Gasteiger partial charge in [0.15, 0.2) is 0 Å². The molecule has 1 aliphatic rings. The van der Waals surface area contributed by atoms with E-state index in [4.69, 9.17) is 4.74 Å². The summed E-state index contributed by atoms with van der Waals surface area (Å²) in [5.74, 6) is -0.842. The van der Waals surface area contributed by atoms with Gasteiger partial charge in [-0.25, -0.2) is 0 Å². The number of anilines is 1. The number of hydrogen-bond donors (Lipinski definition) is 1. The lowest BCUT2D eigenvalue weighted by atomic mass is 9.92. The van der Waals surface area contributed by atoms with Gasteiger partial charge in [-0.15, -0.1) is 0 Å². The first-order chi connectivity index (χ1) is 16.7. The second-order valence-electron chi connectivity index (χ2n) is 9.24. The van der Waals surface area contributed by atoms with Crippen molar-refractivity contribution in [3.63, 3.8) is 0 Å². The van der Waals surface area contributed by atoms with Crippen LogP contribution in [0.2, 0.25) is 0 Å². The molecule has 5 heteroatoms. The number of aliphatic hydroxyl groups excluding tert-OH is 1. The van der Waals surface area contributed by atoms with Crippen LogP contribution in [0.1, 0.15) is 54.6 Å². The fourth-order valence-corrected chi connectivity index (χ4v) is 4.44. The van der Waals surface area contributed by atoms with Crippen LogP contribution >= 0.6 is 0 Å². The number of amides is 1. The molecule has 1 fully saturated rings. The van der Waals surface area contributed by atoms with Crippen molar-refractivity contribution in [1.29, 1.82) is 0 Å². The summed E-state index contributed by atoms with van der Waals surface area (Å²) >= 11 is 0. The van der Waals surface area contributed by atoms with Crippen molar-refractivity contribution in [2.75, 3.05) is 4.90 Å². The summed E-state index contributed by atoms with van der Waals surface area (Å²) in [6.07, 6.45) is 0.894. The lowest BCUT2D eigenvalue weighted by Crippen LogP contribution is -2.29. The Labute approximate surface area is 206 Å². The van der Waals surface area contributed by atoms with Crippen LogP contribution < -0.4 is 9.64 Å². The molecule has 1 saturated heterocycles. The van der Waals surface area contributed by atoms with Crippen LogP contribution in [0.15, 0.2) is 72.3 Å². The highest BCUT2D eigenvalue weighted by Crippen LogP contribution is 2.43. The van der Waals surface area contributed by atoms with Gasteiger partial charge in [0.05, 0.1) is 17.7 Å². The number of aliphatic hydroxyl groups is 1. The van der Waals surface area contributed by atoms with E-state index >= 15 is 0 Å². The number of aryl methyl sites for hydroxylation is 3. The van der Waals surface area contributed by atoms with Gasteiger partial charge in [0.25, 0.3) is 11.7 Å². The predicted octanol–water partition coefficient (Wildman–Crippen LogP) is 6.28. The maximum absolute atomic E-state index is 13.4. The summed E-state index contributed by atoms with van der Waals surface area (Å²) in [4.78, 5) is 28.2. The van der Waals surface area contributed by atoms with Gasteiger partial charge in [0.1, 0.15) is 11.5 Å². The third kappa shape index (κ3) is 4.72. The average Bonchev–Trinajstić information content (AvgIpc) is 3.11. The van der Waals surface area contributed by atoms with E-state index in [1.54, 1.807) is 24.3 Å². The molecule has 3 aromatic carbocycles. The number of benzene rings is 3. The molecular formula is C30H31NO4. The Hall–Kier alpha value is -3.86. The Morgan fingerprint density at radius 2 is 1.63 bits per heavy atom. The Morgan fingerprint density at radius 3 is 2.23 bits per heavy atom. The van der Waals surface area contributed by atoms with Crippen molar-refractivity contribution in [3.05, 3.63) is 100 Å². The van der Waals surface area contributed by atoms with Gasteiger partial charge in [0.2, 0.25) is 0 Å². The van der Waals surface area contributed by atoms with Gasteiger partial charge in [-0.05, 0) is 81.1 Å². The molecule has 1 aliphatic heterocycles. The van der Waals surface area contributed by atoms with E-state index in [1.807, 2.05) is 70.2 Å². The highest BCUT2D eigenvalue weighted by atomic mass is 16.5. The summed E-state index contributed by atoms with van der Waals surface area (Å²) in [5.41, 5.74) is 4.90. The molecule has 35 heavy (non-hydrogen) atoms. The summed E-state index contributed by atoms with van der Waals surface area (Å²) in [6.45, 7) is 9.77. The topological polar surface area (TPSA) is 66.8 Å². The molecule has 1 heterocycles. The lowest BCUT2D eigenvalue weighted by molar-refractivity contribution is -0.132. The van der Waals surface area contributed by atoms with Crippen LogP contribution in [0, 0.1) is 13.8 Å². The summed E-state index contributed by atoms with van der Waals surface area (Å²) in [5, 5.41) is 11.4. The highest BCUT2D eigenvalue weighted by Gasteiger charge is 2.47. The van der Waals surface area contributed by atoms with Crippen molar-refractivity contribution < 1.29 is 19.4 Å². The zero-order valence-corrected chi connectivity index (χ0v) is 20.8. The van der Waals surface area contributed by atoms with Crippen LogP contribution in [0.5, 0.6) is 5.75 Å². The Bertz CT molecular complexity index is 1290. The summed E-state index contributed by atoms with van der Waals surface area (Å²) < 4.78 is 5.74. The quantitative estimate of drug-likeness (QED) is 0.262. The zero-order chi connectivity index (χ0) is 25.3. The van der Waals surface area contributed by atoms with Gasteiger partial charge in [0, 0.05) is 11.3 Å². The first-order valence-corrected chi connectivity index (χ1v) is 12.0. The van der Waals surface area contributed by atoms with E-state index in [2.05, 4.69) is 6.92 Å². The molecule has 0 radical (unpaired) electrons. The van der Waals surface area contributed by atoms with Crippen LogP contribution in [0.4, 0.5) is 5.69 Å². The number of ether oxygens (including phenoxy) is 1. The average molecular weight is 470 g/mol. The zero-order valence-electron chi connectivity index (χ0n) is 20.8. The van der Waals surface area contributed by atoms with Gasteiger partial charge in [-0.3, -0.25) is 14.5 Å². The van der Waals surface area contributed by atoms with Crippen molar-refractivity contribution in [2.24, 2.45) is 0 Å². The SMILES string of the molecule is CCc1ccc(C2/C(=C(\O)c3cc(C)ccc3C)C(=O)C(=O)N2c2ccc(OC(C)C)cc2)cc1. The van der Waals surface area contributed by atoms with Gasteiger partial charge < -0.3 is 9.84 Å². The number of nitrogens with zero attached hydrogens (tertiary/aromatic N) is 1. The molecule has 5 nitrogen and oxygen atoms in total. The fraction of sp³-hybridized carbons (Fsp3) is 0.267. The standard InChI is InChI=1S/C30H31NO4/c1-6-21-9-11-22(12-10-21)27-26(28(32)25-17-19(4)7-8-20(25)5)29(33)30(34)31(27)23-13-15-24(16-14-23)35-18(2)3/h7-18,27,32H,6H2,1-5H3/b28-26+. The Morgan fingerprint density at radius 1 is 0.971 bits per heavy atom. The molecule has 0 saturated carbocycles. The van der Waals surface area contributed by atoms with Gasteiger partial charge in [-0.1, -0.05) is 48.9 Å². The maximum atomic E-state index is 13.4. The van der Waals surface area contributed by atoms with Gasteiger partial charge in [-0.2, -0.15) is 0 Å². The molecular weight excluding hydrogens is 438 g/mol. The molecule has 1 unspecified atom stereocenters. The van der Waals surface area contributed by atoms with E-state index in [-0.39, 0.29) is 17.4 Å². The first-order valence-electron chi connectivity index (χ1n) is 12.0. The minimum Gasteiger partial charge on any atom is -0.507 e. The molecule has 0 spiro atoms. The summed E-state index contributed by atoms with van der Waals surface area (Å²) in [6, 6.07) is 19.9. The Kier molecular flexibility index (Phi) is 6.79. The van der Waals surface area contributed by atoms with Crippen LogP contribution in [0.3, 0.4) is 0 Å². The molecule has 4 rings (SSSR count). The van der Waals surface area contributed by atoms with Crippen LogP contribution in [-0.4, -0.2) is 22.9 Å². The fourth-order valence-electron chi connectivity index (χ4n) is 4.44. The van der Waals surface area contributed by atoms with Crippen molar-refractivity contribution in [3.8, 4) is 5.75 Å². The molecule has 1 atom stereocenters. The molecule has 0 bridgehead atoms. The van der Waals surface area contributed by atoms with E-state index in [9.17, 15) is 14.7 Å². The third-order valence-electron chi connectivity index (χ3n) is 6.28. The van der Waals surface area contributed by atoms with E-state index < -0.39 is 17.7 Å². The molecule has 0 aromatic heterocycles. The minimum absolute atomic E-state index is 0.0183. The summed E-state index contributed by atoms with van der Waals surface area (Å²) in [7, 11) is 0. The van der Waals surface area contributed by atoms with E-state index in [0.717, 1.165) is 28.7 Å². The normalized spacial score (nSPS) is 17.3. The first kappa shape index (κ1) is 24.3. The maximum Gasteiger partial charge on any atom is 0.300 e. The number of rotatable bonds is 6. The van der Waals surface area contributed by atoms with Gasteiger partial charge >= 0.3 is 0 Å². The number of carbonyl (C=O) groups excluding carboxylic acids is 2. The largest absolute Gasteiger partial charge is 0.507 e. The van der Waals surface area contributed by atoms with E-state index in [1.165, 1.54) is 4.90 Å². The monoisotopic (exact) mass is 469 g/mol. The predicted molar refractivity (Wildman–Crippen MR) is 139 cm³/mol. The third-order valence-corrected chi connectivity index (χ3v) is 6.28. The molecule has 180 valence electrons. The molecule has 1 amide bonds. The lowest BCUT2D eigenvalue weighted by Gasteiger charge is -2.26. The number of ketones is 1. The Balaban J connectivity index is 1.89. The smallest absolute Gasteiger partial charge is 0.300 e. The molecule has 3 aromatic rings. The van der Waals surface area contributed by atoms with Crippen molar-refractivity contribution >= 4 is 23.1 Å². The molecule has 1 N–H and O–H groups in total. The number of hydrogen-bond acceptors (Lipinski definition) is 4. The molecule has 0 aliphatic carbocycles. The van der Waals surface area contributed by atoms with Crippen LogP contribution in [-0.2, 0) is 16.0 Å². The second kappa shape index (κ2) is 9.79. The van der Waals surface area contributed by atoms with E-state index in [0.29, 0.717) is 17.0 Å². The number of carbonyl (C=O) groups is 2. The van der Waals surface area contributed by atoms with Crippen molar-refractivity contribution in [1.82, 2.24) is 0 Å².